The Kier molecular flexibility index (Phi) is 4.30. The van der Waals surface area contributed by atoms with E-state index in [0.717, 1.165) is 16.1 Å². The minimum atomic E-state index is -0.864. The second-order valence-corrected chi connectivity index (χ2v) is 6.14. The van der Waals surface area contributed by atoms with Gasteiger partial charge in [-0.25, -0.2) is 0 Å². The molecule has 2 heterocycles. The lowest BCUT2D eigenvalue weighted by atomic mass is 10.1. The van der Waals surface area contributed by atoms with Crippen molar-refractivity contribution < 1.29 is 5.11 Å². The highest BCUT2D eigenvalue weighted by Gasteiger charge is 2.24. The van der Waals surface area contributed by atoms with Gasteiger partial charge in [-0.05, 0) is 25.3 Å². The summed E-state index contributed by atoms with van der Waals surface area (Å²) < 4.78 is 1.66. The number of thiophene rings is 1. The predicted molar refractivity (Wildman–Crippen MR) is 78.6 cm³/mol. The monoisotopic (exact) mass is 299 g/mol. The van der Waals surface area contributed by atoms with Crippen molar-refractivity contribution >= 4 is 22.9 Å². The molecule has 1 unspecified atom stereocenters. The maximum Gasteiger partial charge on any atom is 0.131 e. The van der Waals surface area contributed by atoms with E-state index in [1.807, 2.05) is 38.4 Å². The van der Waals surface area contributed by atoms with Gasteiger partial charge in [0.25, 0.3) is 0 Å². The number of aryl methyl sites for hydroxylation is 2. The van der Waals surface area contributed by atoms with Gasteiger partial charge in [-0.15, -0.1) is 11.3 Å². The third-order valence-corrected chi connectivity index (χ3v) is 4.69. The zero-order chi connectivity index (χ0) is 14.0. The van der Waals surface area contributed by atoms with E-state index < -0.39 is 5.60 Å². The number of rotatable bonds is 5. The van der Waals surface area contributed by atoms with Crippen LogP contribution in [0.2, 0.25) is 5.15 Å². The van der Waals surface area contributed by atoms with E-state index >= 15 is 0 Å². The van der Waals surface area contributed by atoms with E-state index in [9.17, 15) is 5.11 Å². The summed E-state index contributed by atoms with van der Waals surface area (Å²) in [5.74, 6) is 0. The minimum absolute atomic E-state index is 0.470. The molecule has 0 bridgehead atoms. The molecule has 104 valence electrons. The molecule has 0 aliphatic heterocycles. The molecule has 4 nitrogen and oxygen atoms in total. The Balaban J connectivity index is 1.97. The standard InChI is InChI=1S/C13H18ClN3OS/c1-9-10(12(14)17(3)16-9)7-15-8-13(2,18)11-5-4-6-19-11/h4-6,15,18H,7-8H2,1-3H3. The van der Waals surface area contributed by atoms with E-state index in [-0.39, 0.29) is 0 Å². The van der Waals surface area contributed by atoms with Gasteiger partial charge in [-0.2, -0.15) is 5.10 Å². The molecule has 2 rings (SSSR count). The SMILES string of the molecule is Cc1nn(C)c(Cl)c1CNCC(C)(O)c1cccs1. The molecule has 2 aromatic rings. The molecule has 0 spiro atoms. The summed E-state index contributed by atoms with van der Waals surface area (Å²) in [5.41, 5.74) is 1.03. The Morgan fingerprint density at radius 1 is 1.58 bits per heavy atom. The van der Waals surface area contributed by atoms with Crippen LogP contribution < -0.4 is 5.32 Å². The molecule has 0 aliphatic carbocycles. The second kappa shape index (κ2) is 5.63. The third-order valence-electron chi connectivity index (χ3n) is 3.09. The molecule has 2 aromatic heterocycles. The smallest absolute Gasteiger partial charge is 0.131 e. The van der Waals surface area contributed by atoms with Crippen LogP contribution in [0, 0.1) is 6.92 Å². The van der Waals surface area contributed by atoms with E-state index in [1.165, 1.54) is 0 Å². The maximum atomic E-state index is 10.4. The van der Waals surface area contributed by atoms with Gasteiger partial charge in [0.05, 0.1) is 5.69 Å². The highest BCUT2D eigenvalue weighted by molar-refractivity contribution is 7.10. The normalized spacial score (nSPS) is 14.6. The van der Waals surface area contributed by atoms with Crippen LogP contribution in [0.4, 0.5) is 0 Å². The van der Waals surface area contributed by atoms with Crippen molar-refractivity contribution in [1.82, 2.24) is 15.1 Å². The molecule has 6 heteroatoms. The van der Waals surface area contributed by atoms with E-state index in [0.29, 0.717) is 18.2 Å². The Hall–Kier alpha value is -0.880. The van der Waals surface area contributed by atoms with Gasteiger partial charge in [0, 0.05) is 30.6 Å². The van der Waals surface area contributed by atoms with Crippen molar-refractivity contribution in [3.63, 3.8) is 0 Å². The van der Waals surface area contributed by atoms with E-state index in [1.54, 1.807) is 16.0 Å². The largest absolute Gasteiger partial charge is 0.383 e. The van der Waals surface area contributed by atoms with Crippen LogP contribution in [0.15, 0.2) is 17.5 Å². The number of aromatic nitrogens is 2. The number of nitrogens with one attached hydrogen (secondary N) is 1. The van der Waals surface area contributed by atoms with Crippen molar-refractivity contribution in [2.75, 3.05) is 6.54 Å². The lowest BCUT2D eigenvalue weighted by Crippen LogP contribution is -2.34. The summed E-state index contributed by atoms with van der Waals surface area (Å²) in [4.78, 5) is 0.953. The average molecular weight is 300 g/mol. The molecule has 0 saturated heterocycles. The van der Waals surface area contributed by atoms with Crippen molar-refractivity contribution in [2.24, 2.45) is 7.05 Å². The fourth-order valence-electron chi connectivity index (χ4n) is 1.98. The first kappa shape index (κ1) is 14.5. The van der Waals surface area contributed by atoms with Crippen LogP contribution in [0.5, 0.6) is 0 Å². The third kappa shape index (κ3) is 3.17. The van der Waals surface area contributed by atoms with Crippen molar-refractivity contribution in [3.8, 4) is 0 Å². The molecule has 0 aliphatic rings. The minimum Gasteiger partial charge on any atom is -0.383 e. The number of nitrogens with zero attached hydrogens (tertiary/aromatic N) is 2. The Labute approximate surface area is 122 Å². The second-order valence-electron chi connectivity index (χ2n) is 4.83. The molecule has 0 radical (unpaired) electrons. The van der Waals surface area contributed by atoms with Crippen LogP contribution in [-0.4, -0.2) is 21.4 Å². The zero-order valence-corrected chi connectivity index (χ0v) is 12.8. The number of halogens is 1. The zero-order valence-electron chi connectivity index (χ0n) is 11.3. The summed E-state index contributed by atoms with van der Waals surface area (Å²) in [6.07, 6.45) is 0. The van der Waals surface area contributed by atoms with Gasteiger partial charge in [-0.1, -0.05) is 17.7 Å². The lowest BCUT2D eigenvalue weighted by Gasteiger charge is -2.22. The fourth-order valence-corrected chi connectivity index (χ4v) is 3.01. The van der Waals surface area contributed by atoms with Gasteiger partial charge < -0.3 is 10.4 Å². The first-order valence-corrected chi connectivity index (χ1v) is 7.32. The molecular weight excluding hydrogens is 282 g/mol. The number of aliphatic hydroxyl groups is 1. The maximum absolute atomic E-state index is 10.4. The molecule has 0 fully saturated rings. The number of hydrogen-bond donors (Lipinski definition) is 2. The van der Waals surface area contributed by atoms with E-state index in [4.69, 9.17) is 11.6 Å². The molecule has 19 heavy (non-hydrogen) atoms. The lowest BCUT2D eigenvalue weighted by molar-refractivity contribution is 0.0604. The molecule has 0 amide bonds. The molecule has 0 aromatic carbocycles. The first-order valence-electron chi connectivity index (χ1n) is 6.07. The van der Waals surface area contributed by atoms with Crippen LogP contribution in [0.3, 0.4) is 0 Å². The summed E-state index contributed by atoms with van der Waals surface area (Å²) in [6, 6.07) is 3.88. The van der Waals surface area contributed by atoms with Crippen LogP contribution in [0.25, 0.3) is 0 Å². The Morgan fingerprint density at radius 3 is 2.84 bits per heavy atom. The molecule has 2 N–H and O–H groups in total. The summed E-state index contributed by atoms with van der Waals surface area (Å²) >= 11 is 7.72. The summed E-state index contributed by atoms with van der Waals surface area (Å²) in [6.45, 7) is 4.81. The van der Waals surface area contributed by atoms with E-state index in [2.05, 4.69) is 10.4 Å². The highest BCUT2D eigenvalue weighted by atomic mass is 35.5. The predicted octanol–water partition coefficient (Wildman–Crippen LogP) is 2.44. The number of hydrogen-bond acceptors (Lipinski definition) is 4. The van der Waals surface area contributed by atoms with Crippen molar-refractivity contribution in [3.05, 3.63) is 38.8 Å². The highest BCUT2D eigenvalue weighted by Crippen LogP contribution is 2.25. The molecule has 0 saturated carbocycles. The van der Waals surface area contributed by atoms with Gasteiger partial charge in [0.1, 0.15) is 10.8 Å². The Bertz CT molecular complexity index is 548. The van der Waals surface area contributed by atoms with Gasteiger partial charge in [-0.3, -0.25) is 4.68 Å². The fraction of sp³-hybridized carbons (Fsp3) is 0.462. The van der Waals surface area contributed by atoms with Crippen LogP contribution >= 0.6 is 22.9 Å². The molecular formula is C13H18ClN3OS. The Morgan fingerprint density at radius 2 is 2.32 bits per heavy atom. The first-order chi connectivity index (χ1) is 8.92. The quantitative estimate of drug-likeness (QED) is 0.891. The molecule has 1 atom stereocenters. The van der Waals surface area contributed by atoms with Crippen LogP contribution in [0.1, 0.15) is 23.1 Å². The van der Waals surface area contributed by atoms with Crippen molar-refractivity contribution in [1.29, 1.82) is 0 Å². The van der Waals surface area contributed by atoms with Gasteiger partial charge >= 0.3 is 0 Å². The van der Waals surface area contributed by atoms with Crippen LogP contribution in [-0.2, 0) is 19.2 Å². The van der Waals surface area contributed by atoms with Crippen molar-refractivity contribution in [2.45, 2.75) is 26.0 Å². The topological polar surface area (TPSA) is 50.1 Å². The average Bonchev–Trinajstić information content (AvgIpc) is 2.94. The summed E-state index contributed by atoms with van der Waals surface area (Å²) in [7, 11) is 1.82. The van der Waals surface area contributed by atoms with Gasteiger partial charge in [0.15, 0.2) is 0 Å². The summed E-state index contributed by atoms with van der Waals surface area (Å²) in [5, 5.41) is 20.5. The van der Waals surface area contributed by atoms with Gasteiger partial charge in [0.2, 0.25) is 0 Å².